The minimum absolute atomic E-state index is 0.432. The quantitative estimate of drug-likeness (QED) is 0.120. The number of hydrogen-bond donors (Lipinski definition) is 0. The van der Waals surface area contributed by atoms with E-state index in [4.69, 9.17) is 18.9 Å². The molecular weight excluding hydrogens is 430 g/mol. The molecule has 0 atom stereocenters. The molecule has 0 aromatic heterocycles. The molecule has 0 radical (unpaired) electrons. The predicted molar refractivity (Wildman–Crippen MR) is 137 cm³/mol. The Kier molecular flexibility index (Phi) is 13.5. The van der Waals surface area contributed by atoms with Crippen molar-refractivity contribution in [3.05, 3.63) is 70.8 Å². The van der Waals surface area contributed by atoms with Crippen molar-refractivity contribution in [2.24, 2.45) is 5.16 Å². The lowest BCUT2D eigenvalue weighted by molar-refractivity contribution is 0.115. The molecule has 2 aromatic rings. The summed E-state index contributed by atoms with van der Waals surface area (Å²) in [6, 6.07) is 12.4. The molecule has 2 rings (SSSR count). The van der Waals surface area contributed by atoms with Crippen LogP contribution in [0.4, 0.5) is 0 Å². The molecule has 186 valence electrons. The van der Waals surface area contributed by atoms with E-state index < -0.39 is 0 Å². The summed E-state index contributed by atoms with van der Waals surface area (Å²) in [5.74, 6) is 1.85. The summed E-state index contributed by atoms with van der Waals surface area (Å²) < 4.78 is 23.1. The fraction of sp³-hybridized carbons (Fsp3) is 0.464. The number of unbranched alkanes of at least 4 members (excludes halogenated alkanes) is 2. The monoisotopic (exact) mass is 469 g/mol. The third-order valence-electron chi connectivity index (χ3n) is 5.13. The molecule has 34 heavy (non-hydrogen) atoms. The molecule has 0 bridgehead atoms. The highest BCUT2D eigenvalue weighted by Gasteiger charge is 2.07. The van der Waals surface area contributed by atoms with Crippen LogP contribution >= 0.6 is 0 Å². The number of allylic oxidation sites excluding steroid dienone is 1. The van der Waals surface area contributed by atoms with Crippen LogP contribution in [0.1, 0.15) is 48.4 Å². The van der Waals surface area contributed by atoms with Gasteiger partial charge in [0, 0.05) is 6.61 Å². The van der Waals surface area contributed by atoms with Gasteiger partial charge in [-0.2, -0.15) is 0 Å². The number of nitrogens with zero attached hydrogens (tertiary/aromatic N) is 1. The Hall–Kier alpha value is -2.83. The Morgan fingerprint density at radius 1 is 0.794 bits per heavy atom. The van der Waals surface area contributed by atoms with Crippen LogP contribution in [-0.2, 0) is 27.5 Å². The summed E-state index contributed by atoms with van der Waals surface area (Å²) in [5, 5.41) is 3.64. The zero-order valence-electron chi connectivity index (χ0n) is 21.0. The Labute approximate surface area is 204 Å². The number of rotatable bonds is 17. The number of aryl methyl sites for hydroxylation is 2. The maximum absolute atomic E-state index is 6.05. The van der Waals surface area contributed by atoms with Crippen molar-refractivity contribution < 1.29 is 23.8 Å². The van der Waals surface area contributed by atoms with Gasteiger partial charge in [-0.15, -0.1) is 0 Å². The molecule has 0 fully saturated rings. The summed E-state index contributed by atoms with van der Waals surface area (Å²) in [6.07, 6.45) is 8.68. The second-order valence-electron chi connectivity index (χ2n) is 8.03. The molecule has 0 aliphatic rings. The first-order chi connectivity index (χ1) is 16.6. The minimum Gasteiger partial charge on any atom is -0.493 e. The van der Waals surface area contributed by atoms with Crippen LogP contribution < -0.4 is 9.47 Å². The summed E-state index contributed by atoms with van der Waals surface area (Å²) in [6.45, 7) is 9.77. The van der Waals surface area contributed by atoms with E-state index in [1.165, 1.54) is 7.11 Å². The van der Waals surface area contributed by atoms with Crippen LogP contribution in [0, 0.1) is 13.8 Å². The Balaban J connectivity index is 1.56. The molecule has 0 aliphatic heterocycles. The summed E-state index contributed by atoms with van der Waals surface area (Å²) in [7, 11) is 1.51. The molecule has 2 aromatic carbocycles. The Morgan fingerprint density at radius 2 is 1.44 bits per heavy atom. The van der Waals surface area contributed by atoms with E-state index in [1.807, 2.05) is 31.2 Å². The number of hydrogen-bond acceptors (Lipinski definition) is 6. The lowest BCUT2D eigenvalue weighted by Gasteiger charge is -2.14. The lowest BCUT2D eigenvalue weighted by Crippen LogP contribution is -2.03. The van der Waals surface area contributed by atoms with Crippen molar-refractivity contribution in [2.75, 3.05) is 33.5 Å². The summed E-state index contributed by atoms with van der Waals surface area (Å²) >= 11 is 0. The maximum atomic E-state index is 6.05. The predicted octanol–water partition coefficient (Wildman–Crippen LogP) is 6.17. The third-order valence-corrected chi connectivity index (χ3v) is 5.13. The average molecular weight is 470 g/mol. The van der Waals surface area contributed by atoms with E-state index >= 15 is 0 Å². The molecule has 0 saturated carbocycles. The molecule has 0 unspecified atom stereocenters. The fourth-order valence-corrected chi connectivity index (χ4v) is 3.38. The van der Waals surface area contributed by atoms with E-state index in [2.05, 4.69) is 48.1 Å². The second kappa shape index (κ2) is 16.7. The standard InChI is InChI=1S/C28H39NO5/c1-5-6-16-33-27-19-23(2)28(24(3)20-27)34-17-9-7-8-15-31-21-25-10-12-26(13-11-25)22-32-18-14-29-30-4/h5-6,10-14,19-20H,7-9,15-18,21-22H2,1-4H3/b6-5+,29-14?. The highest BCUT2D eigenvalue weighted by molar-refractivity contribution is 5.57. The largest absolute Gasteiger partial charge is 0.493 e. The van der Waals surface area contributed by atoms with Gasteiger partial charge in [0.15, 0.2) is 0 Å². The van der Waals surface area contributed by atoms with Gasteiger partial charge < -0.3 is 23.8 Å². The highest BCUT2D eigenvalue weighted by atomic mass is 16.6. The molecule has 0 aliphatic carbocycles. The molecule has 0 heterocycles. The maximum Gasteiger partial charge on any atom is 0.125 e. The minimum atomic E-state index is 0.432. The van der Waals surface area contributed by atoms with E-state index in [-0.39, 0.29) is 0 Å². The Morgan fingerprint density at radius 3 is 2.09 bits per heavy atom. The molecule has 0 saturated heterocycles. The van der Waals surface area contributed by atoms with Gasteiger partial charge in [0.1, 0.15) is 25.2 Å². The number of oxime groups is 1. The van der Waals surface area contributed by atoms with Crippen LogP contribution in [0.15, 0.2) is 53.7 Å². The van der Waals surface area contributed by atoms with Gasteiger partial charge in [-0.25, -0.2) is 0 Å². The summed E-state index contributed by atoms with van der Waals surface area (Å²) in [5.41, 5.74) is 4.50. The van der Waals surface area contributed by atoms with E-state index in [0.29, 0.717) is 33.0 Å². The van der Waals surface area contributed by atoms with Gasteiger partial charge in [0.2, 0.25) is 0 Å². The summed E-state index contributed by atoms with van der Waals surface area (Å²) in [4.78, 5) is 4.59. The van der Waals surface area contributed by atoms with Crippen molar-refractivity contribution >= 4 is 6.21 Å². The number of benzene rings is 2. The van der Waals surface area contributed by atoms with Gasteiger partial charge in [-0.3, -0.25) is 0 Å². The highest BCUT2D eigenvalue weighted by Crippen LogP contribution is 2.28. The van der Waals surface area contributed by atoms with Gasteiger partial charge >= 0.3 is 0 Å². The average Bonchev–Trinajstić information content (AvgIpc) is 2.83. The third kappa shape index (κ3) is 10.9. The number of ether oxygens (including phenoxy) is 4. The van der Waals surface area contributed by atoms with Gasteiger partial charge in [-0.05, 0) is 74.4 Å². The van der Waals surface area contributed by atoms with E-state index in [9.17, 15) is 0 Å². The van der Waals surface area contributed by atoms with Gasteiger partial charge in [0.05, 0.1) is 32.6 Å². The van der Waals surface area contributed by atoms with Crippen LogP contribution in [0.3, 0.4) is 0 Å². The van der Waals surface area contributed by atoms with Crippen molar-refractivity contribution in [2.45, 2.75) is 53.2 Å². The van der Waals surface area contributed by atoms with E-state index in [1.54, 1.807) is 6.21 Å². The van der Waals surface area contributed by atoms with Gasteiger partial charge in [0.25, 0.3) is 0 Å². The van der Waals surface area contributed by atoms with Crippen LogP contribution in [0.25, 0.3) is 0 Å². The molecule has 6 nitrogen and oxygen atoms in total. The van der Waals surface area contributed by atoms with Gasteiger partial charge in [-0.1, -0.05) is 41.6 Å². The van der Waals surface area contributed by atoms with Crippen molar-refractivity contribution in [3.63, 3.8) is 0 Å². The molecule has 0 N–H and O–H groups in total. The van der Waals surface area contributed by atoms with Crippen molar-refractivity contribution in [1.82, 2.24) is 0 Å². The van der Waals surface area contributed by atoms with Crippen LogP contribution in [0.5, 0.6) is 11.5 Å². The van der Waals surface area contributed by atoms with Crippen LogP contribution in [-0.4, -0.2) is 39.8 Å². The first-order valence-electron chi connectivity index (χ1n) is 11.9. The first-order valence-corrected chi connectivity index (χ1v) is 11.9. The topological polar surface area (TPSA) is 58.5 Å². The molecule has 0 amide bonds. The zero-order valence-corrected chi connectivity index (χ0v) is 21.0. The fourth-order valence-electron chi connectivity index (χ4n) is 3.38. The Bertz CT molecular complexity index is 854. The molecule has 6 heteroatoms. The lowest BCUT2D eigenvalue weighted by atomic mass is 10.1. The van der Waals surface area contributed by atoms with Crippen molar-refractivity contribution in [1.29, 1.82) is 0 Å². The normalized spacial score (nSPS) is 11.4. The van der Waals surface area contributed by atoms with Crippen molar-refractivity contribution in [3.8, 4) is 11.5 Å². The molecular formula is C28H39NO5. The first kappa shape index (κ1) is 27.4. The zero-order chi connectivity index (χ0) is 24.4. The van der Waals surface area contributed by atoms with E-state index in [0.717, 1.165) is 59.6 Å². The smallest absolute Gasteiger partial charge is 0.125 e. The SMILES string of the molecule is C/C=C/COc1cc(C)c(OCCCCCOCc2ccc(COCC=NOC)cc2)c(C)c1. The van der Waals surface area contributed by atoms with Crippen LogP contribution in [0.2, 0.25) is 0 Å². The molecule has 0 spiro atoms. The second-order valence-corrected chi connectivity index (χ2v) is 8.03.